The van der Waals surface area contributed by atoms with Crippen molar-refractivity contribution in [2.75, 3.05) is 0 Å². The topological polar surface area (TPSA) is 72.7 Å². The number of allylic oxidation sites excluding steroid dienone is 1. The Kier molecular flexibility index (Phi) is 5.09. The lowest BCUT2D eigenvalue weighted by molar-refractivity contribution is 0.391. The standard InChI is InChI=1S/C22H20FN3O/c1-15(27)10-11-16-6-5-7-17(12-16)22(2,14-24)20-13-25-21(26-20)18-8-3-4-9-19(18)23/h3-9,12-13,27H,1,10-11H2,2H3,(H,25,26). The van der Waals surface area contributed by atoms with Crippen LogP contribution in [0.2, 0.25) is 0 Å². The minimum atomic E-state index is -0.970. The van der Waals surface area contributed by atoms with Gasteiger partial charge in [0.05, 0.1) is 29.3 Å². The highest BCUT2D eigenvalue weighted by molar-refractivity contribution is 5.57. The zero-order valence-electron chi connectivity index (χ0n) is 15.0. The molecule has 1 atom stereocenters. The molecule has 3 aromatic rings. The molecule has 0 aliphatic rings. The second-order valence-corrected chi connectivity index (χ2v) is 6.63. The van der Waals surface area contributed by atoms with E-state index in [1.165, 1.54) is 6.07 Å². The fourth-order valence-electron chi connectivity index (χ4n) is 2.97. The van der Waals surface area contributed by atoms with Crippen LogP contribution in [-0.2, 0) is 11.8 Å². The van der Waals surface area contributed by atoms with Gasteiger partial charge in [0.1, 0.15) is 17.1 Å². The third-order valence-corrected chi connectivity index (χ3v) is 4.67. The van der Waals surface area contributed by atoms with Crippen LogP contribution in [0.3, 0.4) is 0 Å². The molecular formula is C22H20FN3O. The highest BCUT2D eigenvalue weighted by Gasteiger charge is 2.31. The number of aliphatic hydroxyl groups is 1. The number of nitrogens with one attached hydrogen (secondary N) is 1. The van der Waals surface area contributed by atoms with Gasteiger partial charge in [-0.2, -0.15) is 5.26 Å². The molecule has 0 saturated carbocycles. The first kappa shape index (κ1) is 18.4. The van der Waals surface area contributed by atoms with E-state index in [1.54, 1.807) is 31.3 Å². The molecule has 0 saturated heterocycles. The first-order valence-corrected chi connectivity index (χ1v) is 8.62. The Morgan fingerprint density at radius 3 is 2.78 bits per heavy atom. The molecule has 1 heterocycles. The third kappa shape index (κ3) is 3.75. The number of aromatic nitrogens is 2. The largest absolute Gasteiger partial charge is 0.513 e. The second kappa shape index (κ2) is 7.46. The molecule has 0 amide bonds. The second-order valence-electron chi connectivity index (χ2n) is 6.63. The fraction of sp³-hybridized carbons (Fsp3) is 0.182. The normalized spacial score (nSPS) is 12.9. The van der Waals surface area contributed by atoms with E-state index in [-0.39, 0.29) is 11.6 Å². The zero-order chi connectivity index (χ0) is 19.4. The van der Waals surface area contributed by atoms with Gasteiger partial charge in [-0.1, -0.05) is 43.0 Å². The Morgan fingerprint density at radius 1 is 1.30 bits per heavy atom. The first-order valence-electron chi connectivity index (χ1n) is 8.62. The average Bonchev–Trinajstić information content (AvgIpc) is 3.17. The van der Waals surface area contributed by atoms with Crippen molar-refractivity contribution in [2.45, 2.75) is 25.2 Å². The van der Waals surface area contributed by atoms with Gasteiger partial charge < -0.3 is 10.1 Å². The number of halogens is 1. The smallest absolute Gasteiger partial charge is 0.140 e. The van der Waals surface area contributed by atoms with Gasteiger partial charge in [-0.05, 0) is 36.6 Å². The quantitative estimate of drug-likeness (QED) is 0.604. The summed E-state index contributed by atoms with van der Waals surface area (Å²) in [7, 11) is 0. The van der Waals surface area contributed by atoms with E-state index < -0.39 is 5.41 Å². The van der Waals surface area contributed by atoms with Crippen molar-refractivity contribution in [3.63, 3.8) is 0 Å². The summed E-state index contributed by atoms with van der Waals surface area (Å²) in [4.78, 5) is 7.38. The molecule has 1 aromatic heterocycles. The Balaban J connectivity index is 1.97. The summed E-state index contributed by atoms with van der Waals surface area (Å²) in [6.07, 6.45) is 2.68. The van der Waals surface area contributed by atoms with E-state index in [0.717, 1.165) is 11.1 Å². The minimum absolute atomic E-state index is 0.131. The summed E-state index contributed by atoms with van der Waals surface area (Å²) in [5, 5.41) is 19.2. The van der Waals surface area contributed by atoms with Crippen LogP contribution in [0.25, 0.3) is 11.4 Å². The molecule has 1 unspecified atom stereocenters. The lowest BCUT2D eigenvalue weighted by atomic mass is 9.80. The summed E-state index contributed by atoms with van der Waals surface area (Å²) < 4.78 is 14.0. The molecule has 27 heavy (non-hydrogen) atoms. The van der Waals surface area contributed by atoms with Crippen molar-refractivity contribution in [3.05, 3.63) is 89.7 Å². The molecule has 2 N–H and O–H groups in total. The molecule has 0 spiro atoms. The van der Waals surface area contributed by atoms with Crippen LogP contribution in [0.5, 0.6) is 0 Å². The van der Waals surface area contributed by atoms with E-state index in [4.69, 9.17) is 0 Å². The Labute approximate surface area is 157 Å². The first-order chi connectivity index (χ1) is 12.9. The summed E-state index contributed by atoms with van der Waals surface area (Å²) in [5.41, 5.74) is 1.78. The van der Waals surface area contributed by atoms with Crippen LogP contribution in [0.4, 0.5) is 4.39 Å². The number of H-pyrrole nitrogens is 1. The SMILES string of the molecule is C=C(O)CCc1cccc(C(C)(C#N)c2cnc(-c3ccccc3F)[nH]2)c1. The van der Waals surface area contributed by atoms with E-state index >= 15 is 0 Å². The van der Waals surface area contributed by atoms with Crippen molar-refractivity contribution in [1.82, 2.24) is 9.97 Å². The van der Waals surface area contributed by atoms with E-state index in [9.17, 15) is 14.8 Å². The predicted molar refractivity (Wildman–Crippen MR) is 103 cm³/mol. The molecule has 2 aromatic carbocycles. The van der Waals surface area contributed by atoms with Gasteiger partial charge in [0, 0.05) is 6.42 Å². The number of aliphatic hydroxyl groups excluding tert-OH is 1. The molecule has 0 radical (unpaired) electrons. The molecule has 3 rings (SSSR count). The van der Waals surface area contributed by atoms with Crippen molar-refractivity contribution in [1.29, 1.82) is 5.26 Å². The highest BCUT2D eigenvalue weighted by Crippen LogP contribution is 2.32. The van der Waals surface area contributed by atoms with Gasteiger partial charge >= 0.3 is 0 Å². The lowest BCUT2D eigenvalue weighted by Crippen LogP contribution is -2.22. The molecule has 0 fully saturated rings. The van der Waals surface area contributed by atoms with Gasteiger partial charge in [-0.25, -0.2) is 9.37 Å². The number of hydrogen-bond donors (Lipinski definition) is 2. The average molecular weight is 361 g/mol. The zero-order valence-corrected chi connectivity index (χ0v) is 15.0. The van der Waals surface area contributed by atoms with E-state index in [2.05, 4.69) is 22.6 Å². The maximum Gasteiger partial charge on any atom is 0.140 e. The van der Waals surface area contributed by atoms with Crippen LogP contribution < -0.4 is 0 Å². The predicted octanol–water partition coefficient (Wildman–Crippen LogP) is 5.05. The van der Waals surface area contributed by atoms with Crippen molar-refractivity contribution >= 4 is 0 Å². The number of nitrogens with zero attached hydrogens (tertiary/aromatic N) is 2. The van der Waals surface area contributed by atoms with Gasteiger partial charge in [-0.15, -0.1) is 0 Å². The van der Waals surface area contributed by atoms with Crippen molar-refractivity contribution in [3.8, 4) is 17.5 Å². The lowest BCUT2D eigenvalue weighted by Gasteiger charge is -2.21. The molecule has 0 aliphatic carbocycles. The van der Waals surface area contributed by atoms with Crippen molar-refractivity contribution < 1.29 is 9.50 Å². The monoisotopic (exact) mass is 361 g/mol. The number of aromatic amines is 1. The molecule has 5 heteroatoms. The molecule has 136 valence electrons. The van der Waals surface area contributed by atoms with Crippen molar-refractivity contribution in [2.24, 2.45) is 0 Å². The Hall–Kier alpha value is -3.39. The molecule has 4 nitrogen and oxygen atoms in total. The number of hydrogen-bond acceptors (Lipinski definition) is 3. The van der Waals surface area contributed by atoms with Gasteiger partial charge in [0.2, 0.25) is 0 Å². The number of benzene rings is 2. The molecule has 0 aliphatic heterocycles. The highest BCUT2D eigenvalue weighted by atomic mass is 19.1. The maximum atomic E-state index is 14.0. The summed E-state index contributed by atoms with van der Waals surface area (Å²) in [5.74, 6) is 0.146. The third-order valence-electron chi connectivity index (χ3n) is 4.67. The molecule has 0 bridgehead atoms. The number of nitriles is 1. The van der Waals surface area contributed by atoms with Gasteiger partial charge in [0.25, 0.3) is 0 Å². The fourth-order valence-corrected chi connectivity index (χ4v) is 2.97. The van der Waals surface area contributed by atoms with Crippen LogP contribution in [0.1, 0.15) is 30.2 Å². The van der Waals surface area contributed by atoms with E-state index in [1.807, 2.05) is 24.3 Å². The maximum absolute atomic E-state index is 14.0. The van der Waals surface area contributed by atoms with Gasteiger partial charge in [-0.3, -0.25) is 0 Å². The van der Waals surface area contributed by atoms with Crippen LogP contribution in [-0.4, -0.2) is 15.1 Å². The summed E-state index contributed by atoms with van der Waals surface area (Å²) in [6.45, 7) is 5.30. The molecular weight excluding hydrogens is 341 g/mol. The van der Waals surface area contributed by atoms with Crippen LogP contribution in [0.15, 0.2) is 67.1 Å². The number of aryl methyl sites for hydroxylation is 1. The summed E-state index contributed by atoms with van der Waals surface area (Å²) >= 11 is 0. The number of imidazole rings is 1. The van der Waals surface area contributed by atoms with Gasteiger partial charge in [0.15, 0.2) is 0 Å². The minimum Gasteiger partial charge on any atom is -0.513 e. The summed E-state index contributed by atoms with van der Waals surface area (Å²) in [6, 6.07) is 16.4. The van der Waals surface area contributed by atoms with E-state index in [0.29, 0.717) is 29.9 Å². The van der Waals surface area contributed by atoms with Crippen LogP contribution in [0, 0.1) is 17.1 Å². The Morgan fingerprint density at radius 2 is 2.07 bits per heavy atom. The Bertz CT molecular complexity index is 1020. The number of rotatable bonds is 6. The van der Waals surface area contributed by atoms with Crippen LogP contribution >= 0.6 is 0 Å².